The van der Waals surface area contributed by atoms with Gasteiger partial charge in [0.25, 0.3) is 5.91 Å². The van der Waals surface area contributed by atoms with Crippen LogP contribution in [0.5, 0.6) is 5.75 Å². The lowest BCUT2D eigenvalue weighted by atomic mass is 10.1. The van der Waals surface area contributed by atoms with Gasteiger partial charge in [0.1, 0.15) is 22.1 Å². The van der Waals surface area contributed by atoms with Crippen LogP contribution in [0.3, 0.4) is 0 Å². The van der Waals surface area contributed by atoms with Gasteiger partial charge in [-0.1, -0.05) is 0 Å². The summed E-state index contributed by atoms with van der Waals surface area (Å²) in [6.45, 7) is 0.298. The maximum Gasteiger partial charge on any atom is 0.254 e. The van der Waals surface area contributed by atoms with Gasteiger partial charge in [-0.25, -0.2) is 0 Å². The molecule has 32 heavy (non-hydrogen) atoms. The minimum Gasteiger partial charge on any atom is -0.497 e. The second-order valence-electron chi connectivity index (χ2n) is 7.67. The summed E-state index contributed by atoms with van der Waals surface area (Å²) in [6.07, 6.45) is 6.10. The zero-order chi connectivity index (χ0) is 22.1. The maximum atomic E-state index is 13.0. The van der Waals surface area contributed by atoms with E-state index in [0.29, 0.717) is 34.2 Å². The van der Waals surface area contributed by atoms with E-state index in [0.717, 1.165) is 35.8 Å². The Labute approximate surface area is 188 Å². The molecule has 0 spiro atoms. The molecule has 0 saturated heterocycles. The van der Waals surface area contributed by atoms with Crippen LogP contribution in [0.2, 0.25) is 0 Å². The number of benzene rings is 1. The first-order chi connectivity index (χ1) is 15.6. The highest BCUT2D eigenvalue weighted by atomic mass is 32.1. The predicted molar refractivity (Wildman–Crippen MR) is 121 cm³/mol. The summed E-state index contributed by atoms with van der Waals surface area (Å²) in [5.74, 6) is 0.981. The van der Waals surface area contributed by atoms with Crippen molar-refractivity contribution in [2.45, 2.75) is 32.2 Å². The van der Waals surface area contributed by atoms with E-state index >= 15 is 0 Å². The van der Waals surface area contributed by atoms with Gasteiger partial charge in [0, 0.05) is 15.8 Å². The number of ether oxygens (including phenoxy) is 1. The molecule has 8 heteroatoms. The number of anilines is 1. The minimum atomic E-state index is -0.199. The molecule has 1 aliphatic carbocycles. The molecular weight excluding hydrogens is 428 g/mol. The molecule has 0 fully saturated rings. The fourth-order valence-electron chi connectivity index (χ4n) is 4.07. The van der Waals surface area contributed by atoms with E-state index in [2.05, 4.69) is 10.6 Å². The van der Waals surface area contributed by atoms with Gasteiger partial charge in [-0.05, 0) is 55.2 Å². The van der Waals surface area contributed by atoms with Crippen LogP contribution in [0.25, 0.3) is 11.0 Å². The van der Waals surface area contributed by atoms with Gasteiger partial charge < -0.3 is 24.2 Å². The molecule has 0 saturated carbocycles. The lowest BCUT2D eigenvalue weighted by molar-refractivity contribution is -0.115. The van der Waals surface area contributed by atoms with E-state index in [1.165, 1.54) is 16.2 Å². The summed E-state index contributed by atoms with van der Waals surface area (Å²) in [5, 5.41) is 7.31. The normalized spacial score (nSPS) is 12.7. The molecule has 0 bridgehead atoms. The van der Waals surface area contributed by atoms with Gasteiger partial charge in [-0.15, -0.1) is 11.3 Å². The zero-order valence-electron chi connectivity index (χ0n) is 17.5. The minimum absolute atomic E-state index is 0.135. The van der Waals surface area contributed by atoms with Gasteiger partial charge in [-0.2, -0.15) is 0 Å². The monoisotopic (exact) mass is 450 g/mol. The SMILES string of the molecule is COc1ccc2occ(CC(=O)Nc3sc4c(c3C(=O)NCc3ccco3)CCC4)c2c1. The lowest BCUT2D eigenvalue weighted by Crippen LogP contribution is -2.25. The summed E-state index contributed by atoms with van der Waals surface area (Å²) >= 11 is 1.49. The van der Waals surface area contributed by atoms with Crippen molar-refractivity contribution >= 4 is 39.1 Å². The molecule has 1 aromatic carbocycles. The Morgan fingerprint density at radius 2 is 2.09 bits per heavy atom. The summed E-state index contributed by atoms with van der Waals surface area (Å²) in [5.41, 5.74) is 3.08. The molecule has 0 atom stereocenters. The Balaban J connectivity index is 1.35. The molecule has 2 amide bonds. The Morgan fingerprint density at radius 1 is 1.19 bits per heavy atom. The quantitative estimate of drug-likeness (QED) is 0.426. The molecule has 2 N–H and O–H groups in total. The summed E-state index contributed by atoms with van der Waals surface area (Å²) in [7, 11) is 1.60. The van der Waals surface area contributed by atoms with Gasteiger partial charge in [0.2, 0.25) is 5.91 Å². The molecule has 5 rings (SSSR count). The zero-order valence-corrected chi connectivity index (χ0v) is 18.3. The topological polar surface area (TPSA) is 93.7 Å². The molecule has 7 nitrogen and oxygen atoms in total. The predicted octanol–water partition coefficient (Wildman–Crippen LogP) is 4.70. The van der Waals surface area contributed by atoms with Crippen molar-refractivity contribution in [3.05, 3.63) is 70.2 Å². The largest absolute Gasteiger partial charge is 0.497 e. The van der Waals surface area contributed by atoms with Crippen LogP contribution in [-0.2, 0) is 30.6 Å². The van der Waals surface area contributed by atoms with Crippen LogP contribution in [0, 0.1) is 0 Å². The highest BCUT2D eigenvalue weighted by molar-refractivity contribution is 7.17. The third kappa shape index (κ3) is 3.89. The molecule has 1 aliphatic rings. The summed E-state index contributed by atoms with van der Waals surface area (Å²) in [4.78, 5) is 27.1. The van der Waals surface area contributed by atoms with Crippen LogP contribution in [0.1, 0.15) is 38.5 Å². The van der Waals surface area contributed by atoms with Gasteiger partial charge in [-0.3, -0.25) is 9.59 Å². The van der Waals surface area contributed by atoms with E-state index in [9.17, 15) is 9.59 Å². The number of fused-ring (bicyclic) bond motifs is 2. The van der Waals surface area contributed by atoms with E-state index in [1.54, 1.807) is 25.7 Å². The number of carbonyl (C=O) groups excluding carboxylic acids is 2. The number of carbonyl (C=O) groups is 2. The van der Waals surface area contributed by atoms with Crippen molar-refractivity contribution in [3.63, 3.8) is 0 Å². The highest BCUT2D eigenvalue weighted by Gasteiger charge is 2.27. The second kappa shape index (κ2) is 8.55. The van der Waals surface area contributed by atoms with Gasteiger partial charge in [0.05, 0.1) is 38.2 Å². The Morgan fingerprint density at radius 3 is 2.91 bits per heavy atom. The number of thiophene rings is 1. The third-order valence-corrected chi connectivity index (χ3v) is 6.82. The van der Waals surface area contributed by atoms with Crippen LogP contribution in [0.15, 0.2) is 51.7 Å². The van der Waals surface area contributed by atoms with Crippen molar-refractivity contribution in [1.82, 2.24) is 5.32 Å². The van der Waals surface area contributed by atoms with Crippen LogP contribution < -0.4 is 15.4 Å². The molecular formula is C24H22N2O5S. The Kier molecular flexibility index (Phi) is 5.45. The van der Waals surface area contributed by atoms with E-state index in [-0.39, 0.29) is 18.2 Å². The molecule has 3 aromatic heterocycles. The fraction of sp³-hybridized carbons (Fsp3) is 0.250. The average molecular weight is 451 g/mol. The third-order valence-electron chi connectivity index (χ3n) is 5.62. The number of hydrogen-bond donors (Lipinski definition) is 2. The first-order valence-corrected chi connectivity index (χ1v) is 11.2. The number of furan rings is 2. The maximum absolute atomic E-state index is 13.0. The number of rotatable bonds is 7. The Hall–Kier alpha value is -3.52. The van der Waals surface area contributed by atoms with Crippen LogP contribution in [0.4, 0.5) is 5.00 Å². The van der Waals surface area contributed by atoms with Crippen LogP contribution in [-0.4, -0.2) is 18.9 Å². The number of hydrogen-bond acceptors (Lipinski definition) is 6. The lowest BCUT2D eigenvalue weighted by Gasteiger charge is -2.09. The van der Waals surface area contributed by atoms with E-state index in [1.807, 2.05) is 24.3 Å². The average Bonchev–Trinajstić information content (AvgIpc) is 3.57. The molecule has 164 valence electrons. The highest BCUT2D eigenvalue weighted by Crippen LogP contribution is 2.39. The molecule has 3 heterocycles. The van der Waals surface area contributed by atoms with Crippen molar-refractivity contribution < 1.29 is 23.2 Å². The van der Waals surface area contributed by atoms with Gasteiger partial charge in [0.15, 0.2) is 0 Å². The van der Waals surface area contributed by atoms with Gasteiger partial charge >= 0.3 is 0 Å². The second-order valence-corrected chi connectivity index (χ2v) is 8.78. The van der Waals surface area contributed by atoms with E-state index in [4.69, 9.17) is 13.6 Å². The molecule has 0 unspecified atom stereocenters. The number of nitrogens with one attached hydrogen (secondary N) is 2. The van der Waals surface area contributed by atoms with Crippen molar-refractivity contribution in [3.8, 4) is 5.75 Å². The first-order valence-electron chi connectivity index (χ1n) is 10.4. The molecule has 4 aromatic rings. The number of methoxy groups -OCH3 is 1. The smallest absolute Gasteiger partial charge is 0.254 e. The summed E-state index contributed by atoms with van der Waals surface area (Å²) in [6, 6.07) is 9.09. The van der Waals surface area contributed by atoms with Crippen molar-refractivity contribution in [2.24, 2.45) is 0 Å². The fourth-order valence-corrected chi connectivity index (χ4v) is 5.37. The summed E-state index contributed by atoms with van der Waals surface area (Å²) < 4.78 is 16.2. The Bertz CT molecular complexity index is 1290. The number of aryl methyl sites for hydroxylation is 1. The van der Waals surface area contributed by atoms with E-state index < -0.39 is 0 Å². The molecule has 0 aliphatic heterocycles. The standard InChI is InChI=1S/C24H22N2O5S/c1-29-15-7-8-19-18(11-15)14(13-31-19)10-21(27)26-24-22(17-5-2-6-20(17)32-24)23(28)25-12-16-4-3-9-30-16/h3-4,7-9,11,13H,2,5-6,10,12H2,1H3,(H,25,28)(H,26,27). The van der Waals surface area contributed by atoms with Crippen molar-refractivity contribution in [2.75, 3.05) is 12.4 Å². The molecule has 0 radical (unpaired) electrons. The first kappa shape index (κ1) is 20.4. The van der Waals surface area contributed by atoms with Crippen LogP contribution >= 0.6 is 11.3 Å². The number of amides is 2. The van der Waals surface area contributed by atoms with Crippen molar-refractivity contribution in [1.29, 1.82) is 0 Å².